The number of rotatable bonds is 5. The van der Waals surface area contributed by atoms with Crippen molar-refractivity contribution in [3.8, 4) is 0 Å². The second-order valence-corrected chi connectivity index (χ2v) is 5.86. The number of esters is 1. The number of alkyl carbamates (subject to hydrolysis) is 1. The van der Waals surface area contributed by atoms with E-state index in [2.05, 4.69) is 15.3 Å². The first kappa shape index (κ1) is 18.0. The Labute approximate surface area is 130 Å². The summed E-state index contributed by atoms with van der Waals surface area (Å²) in [5, 5.41) is 2.50. The number of aromatic nitrogens is 2. The average Bonchev–Trinajstić information content (AvgIpc) is 2.85. The fourth-order valence-corrected chi connectivity index (χ4v) is 1.97. The van der Waals surface area contributed by atoms with Crippen LogP contribution in [-0.2, 0) is 27.1 Å². The van der Waals surface area contributed by atoms with Crippen LogP contribution in [0.3, 0.4) is 0 Å². The zero-order valence-corrected chi connectivity index (χ0v) is 14.1. The lowest BCUT2D eigenvalue weighted by Crippen LogP contribution is -2.39. The molecule has 1 heterocycles. The van der Waals surface area contributed by atoms with E-state index in [-0.39, 0.29) is 0 Å². The third-order valence-corrected chi connectivity index (χ3v) is 2.94. The molecule has 0 saturated carbocycles. The molecule has 1 amide bonds. The molecule has 0 aliphatic rings. The number of hydrogen-bond donors (Lipinski definition) is 2. The largest absolute Gasteiger partial charge is 0.467 e. The van der Waals surface area contributed by atoms with Gasteiger partial charge in [0, 0.05) is 5.69 Å². The van der Waals surface area contributed by atoms with Gasteiger partial charge in [-0.2, -0.15) is 0 Å². The molecule has 1 aromatic heterocycles. The fraction of sp³-hybridized carbons (Fsp3) is 0.667. The number of amides is 1. The zero-order chi connectivity index (χ0) is 16.9. The molecule has 0 aliphatic carbocycles. The van der Waals surface area contributed by atoms with Crippen molar-refractivity contribution in [1.29, 1.82) is 0 Å². The molecule has 0 spiro atoms. The van der Waals surface area contributed by atoms with Crippen LogP contribution in [0.4, 0.5) is 4.79 Å². The SMILES string of the molecule is CCc1nc([C@H](NC(=O)OC(C)(C)C)C(=O)OC)[nH]c1CC. The van der Waals surface area contributed by atoms with E-state index in [1.54, 1.807) is 20.8 Å². The van der Waals surface area contributed by atoms with Gasteiger partial charge in [0.15, 0.2) is 6.04 Å². The molecule has 7 heteroatoms. The lowest BCUT2D eigenvalue weighted by molar-refractivity contribution is -0.143. The van der Waals surface area contributed by atoms with E-state index in [1.807, 2.05) is 13.8 Å². The zero-order valence-electron chi connectivity index (χ0n) is 14.1. The molecule has 2 N–H and O–H groups in total. The molecular weight excluding hydrogens is 286 g/mol. The molecule has 0 unspecified atom stereocenters. The molecule has 1 atom stereocenters. The van der Waals surface area contributed by atoms with Gasteiger partial charge in [-0.25, -0.2) is 14.6 Å². The van der Waals surface area contributed by atoms with Crippen molar-refractivity contribution in [1.82, 2.24) is 15.3 Å². The second kappa shape index (κ2) is 7.29. The van der Waals surface area contributed by atoms with Crippen molar-refractivity contribution in [2.45, 2.75) is 59.1 Å². The number of carbonyl (C=O) groups is 2. The van der Waals surface area contributed by atoms with Gasteiger partial charge in [-0.15, -0.1) is 0 Å². The highest BCUT2D eigenvalue weighted by molar-refractivity contribution is 5.82. The van der Waals surface area contributed by atoms with E-state index in [0.29, 0.717) is 5.82 Å². The third-order valence-electron chi connectivity index (χ3n) is 2.94. The van der Waals surface area contributed by atoms with Gasteiger partial charge in [0.2, 0.25) is 0 Å². The maximum atomic E-state index is 12.0. The summed E-state index contributed by atoms with van der Waals surface area (Å²) >= 11 is 0. The van der Waals surface area contributed by atoms with Crippen LogP contribution >= 0.6 is 0 Å². The van der Waals surface area contributed by atoms with Gasteiger partial charge in [-0.3, -0.25) is 0 Å². The lowest BCUT2D eigenvalue weighted by atomic mass is 10.2. The molecular formula is C15H25N3O4. The van der Waals surface area contributed by atoms with Gasteiger partial charge < -0.3 is 19.8 Å². The lowest BCUT2D eigenvalue weighted by Gasteiger charge is -2.21. The van der Waals surface area contributed by atoms with Gasteiger partial charge in [0.05, 0.1) is 12.8 Å². The first-order valence-electron chi connectivity index (χ1n) is 7.36. The van der Waals surface area contributed by atoms with Crippen molar-refractivity contribution in [3.63, 3.8) is 0 Å². The Hall–Kier alpha value is -2.05. The number of methoxy groups -OCH3 is 1. The predicted molar refractivity (Wildman–Crippen MR) is 81.5 cm³/mol. The van der Waals surface area contributed by atoms with E-state index in [0.717, 1.165) is 24.2 Å². The summed E-state index contributed by atoms with van der Waals surface area (Å²) in [6.07, 6.45) is 0.798. The Morgan fingerprint density at radius 3 is 2.32 bits per heavy atom. The van der Waals surface area contributed by atoms with Crippen LogP contribution in [0.25, 0.3) is 0 Å². The minimum absolute atomic E-state index is 0.353. The highest BCUT2D eigenvalue weighted by Gasteiger charge is 2.29. The van der Waals surface area contributed by atoms with Crippen LogP contribution in [0.5, 0.6) is 0 Å². The van der Waals surface area contributed by atoms with Crippen LogP contribution in [-0.4, -0.2) is 34.7 Å². The third kappa shape index (κ3) is 4.75. The highest BCUT2D eigenvalue weighted by atomic mass is 16.6. The van der Waals surface area contributed by atoms with Crippen LogP contribution < -0.4 is 5.32 Å². The summed E-state index contributed by atoms with van der Waals surface area (Å²) in [6, 6.07) is -1.02. The van der Waals surface area contributed by atoms with Crippen molar-refractivity contribution in [2.75, 3.05) is 7.11 Å². The topological polar surface area (TPSA) is 93.3 Å². The fourth-order valence-electron chi connectivity index (χ4n) is 1.97. The number of H-pyrrole nitrogens is 1. The van der Waals surface area contributed by atoms with E-state index in [9.17, 15) is 9.59 Å². The number of nitrogens with zero attached hydrogens (tertiary/aromatic N) is 1. The molecule has 0 radical (unpaired) electrons. The monoisotopic (exact) mass is 311 g/mol. The smallest absolute Gasteiger partial charge is 0.408 e. The second-order valence-electron chi connectivity index (χ2n) is 5.86. The molecule has 1 aromatic rings. The molecule has 124 valence electrons. The van der Waals surface area contributed by atoms with Gasteiger partial charge in [0.25, 0.3) is 0 Å². The molecule has 22 heavy (non-hydrogen) atoms. The highest BCUT2D eigenvalue weighted by Crippen LogP contribution is 2.17. The first-order chi connectivity index (χ1) is 10.2. The average molecular weight is 311 g/mol. The summed E-state index contributed by atoms with van der Waals surface area (Å²) in [6.45, 7) is 9.21. The number of hydrogen-bond acceptors (Lipinski definition) is 5. The van der Waals surface area contributed by atoms with Crippen LogP contribution in [0, 0.1) is 0 Å². The minimum Gasteiger partial charge on any atom is -0.467 e. The molecule has 0 bridgehead atoms. The Bertz CT molecular complexity index is 510. The summed E-state index contributed by atoms with van der Waals surface area (Å²) in [5.41, 5.74) is 1.16. The Morgan fingerprint density at radius 2 is 1.91 bits per heavy atom. The number of aryl methyl sites for hydroxylation is 2. The van der Waals surface area contributed by atoms with E-state index < -0.39 is 23.7 Å². The van der Waals surface area contributed by atoms with E-state index >= 15 is 0 Å². The van der Waals surface area contributed by atoms with Crippen LogP contribution in [0.1, 0.15) is 57.9 Å². The van der Waals surface area contributed by atoms with Gasteiger partial charge in [-0.05, 0) is 33.6 Å². The number of carbonyl (C=O) groups excluding carboxylic acids is 2. The number of nitrogens with one attached hydrogen (secondary N) is 2. The molecule has 0 saturated heterocycles. The summed E-state index contributed by atoms with van der Waals surface area (Å²) in [4.78, 5) is 31.3. The summed E-state index contributed by atoms with van der Waals surface area (Å²) < 4.78 is 9.92. The molecule has 0 aliphatic heterocycles. The van der Waals surface area contributed by atoms with Crippen LogP contribution in [0.2, 0.25) is 0 Å². The molecule has 0 fully saturated rings. The Balaban J connectivity index is 3.01. The van der Waals surface area contributed by atoms with E-state index in [4.69, 9.17) is 9.47 Å². The van der Waals surface area contributed by atoms with Crippen molar-refractivity contribution in [3.05, 3.63) is 17.2 Å². The Kier molecular flexibility index (Phi) is 5.96. The van der Waals surface area contributed by atoms with Crippen molar-refractivity contribution in [2.24, 2.45) is 0 Å². The van der Waals surface area contributed by atoms with Crippen molar-refractivity contribution >= 4 is 12.1 Å². The standard InChI is InChI=1S/C15H25N3O4/c1-7-9-10(8-2)17-12(16-9)11(13(19)21-6)18-14(20)22-15(3,4)5/h11H,7-8H2,1-6H3,(H,16,17)(H,18,20)/t11-/m0/s1. The van der Waals surface area contributed by atoms with Gasteiger partial charge in [0.1, 0.15) is 11.4 Å². The maximum Gasteiger partial charge on any atom is 0.408 e. The van der Waals surface area contributed by atoms with Crippen molar-refractivity contribution < 1.29 is 19.1 Å². The maximum absolute atomic E-state index is 12.0. The number of aromatic amines is 1. The predicted octanol–water partition coefficient (Wildman–Crippen LogP) is 2.27. The summed E-state index contributed by atoms with van der Waals surface area (Å²) in [5.74, 6) is -0.253. The molecule has 7 nitrogen and oxygen atoms in total. The van der Waals surface area contributed by atoms with Crippen LogP contribution in [0.15, 0.2) is 0 Å². The van der Waals surface area contributed by atoms with E-state index in [1.165, 1.54) is 7.11 Å². The normalized spacial score (nSPS) is 12.6. The summed E-state index contributed by atoms with van der Waals surface area (Å²) in [7, 11) is 1.26. The number of ether oxygens (including phenoxy) is 2. The quantitative estimate of drug-likeness (QED) is 0.814. The minimum atomic E-state index is -1.02. The number of imidazole rings is 1. The van der Waals surface area contributed by atoms with Gasteiger partial charge in [-0.1, -0.05) is 13.8 Å². The first-order valence-corrected chi connectivity index (χ1v) is 7.36. The molecule has 0 aromatic carbocycles. The van der Waals surface area contributed by atoms with Gasteiger partial charge >= 0.3 is 12.1 Å². The Morgan fingerprint density at radius 1 is 1.27 bits per heavy atom. The molecule has 1 rings (SSSR count).